The molecule has 1 aliphatic rings. The molecule has 0 unspecified atom stereocenters. The van der Waals surface area contributed by atoms with E-state index in [1.54, 1.807) is 36.7 Å². The zero-order chi connectivity index (χ0) is 14.1. The second-order valence-electron chi connectivity index (χ2n) is 4.41. The number of nitrogens with zero attached hydrogens (tertiary/aromatic N) is 1. The predicted molar refractivity (Wildman–Crippen MR) is 78.7 cm³/mol. The van der Waals surface area contributed by atoms with Crippen molar-refractivity contribution >= 4 is 39.1 Å². The van der Waals surface area contributed by atoms with Crippen molar-refractivity contribution in [3.05, 3.63) is 52.3 Å². The summed E-state index contributed by atoms with van der Waals surface area (Å²) >= 11 is 3.32. The van der Waals surface area contributed by atoms with Crippen LogP contribution in [0.2, 0.25) is 0 Å². The standard InChI is InChI=1S/C14H10BrN3O2/c15-10-7-16-4-3-12(10)18-14(20)8-1-2-11-9(5-8)6-13(19)17-11/h1-5,7H,6H2,(H,17,19)(H,16,18,20). The van der Waals surface area contributed by atoms with Gasteiger partial charge in [0, 0.05) is 23.6 Å². The third-order valence-corrected chi connectivity index (χ3v) is 3.65. The minimum atomic E-state index is -0.223. The molecular weight excluding hydrogens is 322 g/mol. The van der Waals surface area contributed by atoms with E-state index in [2.05, 4.69) is 31.5 Å². The zero-order valence-electron chi connectivity index (χ0n) is 10.3. The van der Waals surface area contributed by atoms with Gasteiger partial charge in [-0.15, -0.1) is 0 Å². The highest BCUT2D eigenvalue weighted by Gasteiger charge is 2.19. The molecule has 0 spiro atoms. The zero-order valence-corrected chi connectivity index (χ0v) is 11.9. The summed E-state index contributed by atoms with van der Waals surface area (Å²) in [7, 11) is 0. The molecule has 0 saturated heterocycles. The molecule has 5 nitrogen and oxygen atoms in total. The molecule has 2 N–H and O–H groups in total. The van der Waals surface area contributed by atoms with Crippen LogP contribution < -0.4 is 10.6 Å². The number of hydrogen-bond donors (Lipinski definition) is 2. The summed E-state index contributed by atoms with van der Waals surface area (Å²) in [6.07, 6.45) is 3.53. The topological polar surface area (TPSA) is 71.1 Å². The van der Waals surface area contributed by atoms with E-state index >= 15 is 0 Å². The number of nitrogens with one attached hydrogen (secondary N) is 2. The van der Waals surface area contributed by atoms with Gasteiger partial charge in [-0.25, -0.2) is 0 Å². The number of carbonyl (C=O) groups excluding carboxylic acids is 2. The van der Waals surface area contributed by atoms with E-state index in [1.165, 1.54) is 0 Å². The smallest absolute Gasteiger partial charge is 0.255 e. The van der Waals surface area contributed by atoms with Crippen molar-refractivity contribution in [2.75, 3.05) is 10.6 Å². The summed E-state index contributed by atoms with van der Waals surface area (Å²) < 4.78 is 0.714. The van der Waals surface area contributed by atoms with E-state index < -0.39 is 0 Å². The maximum Gasteiger partial charge on any atom is 0.255 e. The van der Waals surface area contributed by atoms with E-state index in [1.807, 2.05) is 0 Å². The maximum absolute atomic E-state index is 12.2. The molecule has 6 heteroatoms. The number of fused-ring (bicyclic) bond motifs is 1. The van der Waals surface area contributed by atoms with E-state index in [0.717, 1.165) is 11.3 Å². The van der Waals surface area contributed by atoms with Crippen molar-refractivity contribution in [1.29, 1.82) is 0 Å². The fraction of sp³-hybridized carbons (Fsp3) is 0.0714. The molecule has 3 rings (SSSR count). The van der Waals surface area contributed by atoms with Gasteiger partial charge in [-0.3, -0.25) is 14.6 Å². The largest absolute Gasteiger partial charge is 0.326 e. The van der Waals surface area contributed by atoms with Crippen LogP contribution in [0.15, 0.2) is 41.1 Å². The first kappa shape index (κ1) is 12.8. The number of pyridine rings is 1. The van der Waals surface area contributed by atoms with Crippen molar-refractivity contribution in [3.8, 4) is 0 Å². The van der Waals surface area contributed by atoms with Gasteiger partial charge in [0.05, 0.1) is 16.6 Å². The number of carbonyl (C=O) groups is 2. The Kier molecular flexibility index (Phi) is 3.23. The Labute approximate surface area is 123 Å². The Bertz CT molecular complexity index is 715. The first-order chi connectivity index (χ1) is 9.63. The van der Waals surface area contributed by atoms with Crippen LogP contribution in [-0.2, 0) is 11.2 Å². The first-order valence-corrected chi connectivity index (χ1v) is 6.76. The molecule has 2 heterocycles. The summed E-state index contributed by atoms with van der Waals surface area (Å²) in [4.78, 5) is 27.4. The van der Waals surface area contributed by atoms with Crippen LogP contribution in [0.3, 0.4) is 0 Å². The predicted octanol–water partition coefficient (Wildman–Crippen LogP) is 2.59. The van der Waals surface area contributed by atoms with Crippen molar-refractivity contribution in [2.45, 2.75) is 6.42 Å². The van der Waals surface area contributed by atoms with Gasteiger partial charge in [0.1, 0.15) is 0 Å². The molecule has 0 radical (unpaired) electrons. The lowest BCUT2D eigenvalue weighted by Gasteiger charge is -2.07. The number of hydrogen-bond acceptors (Lipinski definition) is 3. The third kappa shape index (κ3) is 2.42. The molecule has 0 atom stereocenters. The highest BCUT2D eigenvalue weighted by molar-refractivity contribution is 9.10. The molecule has 1 aliphatic heterocycles. The molecule has 0 bridgehead atoms. The van der Waals surface area contributed by atoms with Gasteiger partial charge in [-0.05, 0) is 45.8 Å². The highest BCUT2D eigenvalue weighted by Crippen LogP contribution is 2.25. The molecule has 0 aliphatic carbocycles. The van der Waals surface area contributed by atoms with Crippen LogP contribution in [0.1, 0.15) is 15.9 Å². The monoisotopic (exact) mass is 331 g/mol. The summed E-state index contributed by atoms with van der Waals surface area (Å²) in [5.74, 6) is -0.270. The molecule has 100 valence electrons. The van der Waals surface area contributed by atoms with Crippen LogP contribution in [0, 0.1) is 0 Å². The molecule has 1 aromatic heterocycles. The average molecular weight is 332 g/mol. The van der Waals surface area contributed by atoms with E-state index in [-0.39, 0.29) is 11.8 Å². The second kappa shape index (κ2) is 5.05. The normalized spacial score (nSPS) is 12.8. The number of aromatic nitrogens is 1. The Balaban J connectivity index is 1.84. The number of amides is 2. The van der Waals surface area contributed by atoms with E-state index in [4.69, 9.17) is 0 Å². The van der Waals surface area contributed by atoms with Crippen molar-refractivity contribution in [2.24, 2.45) is 0 Å². The van der Waals surface area contributed by atoms with E-state index in [0.29, 0.717) is 22.1 Å². The summed E-state index contributed by atoms with van der Waals surface area (Å²) in [6, 6.07) is 6.88. The van der Waals surface area contributed by atoms with E-state index in [9.17, 15) is 9.59 Å². The van der Waals surface area contributed by atoms with Crippen LogP contribution >= 0.6 is 15.9 Å². The minimum Gasteiger partial charge on any atom is -0.326 e. The summed E-state index contributed by atoms with van der Waals surface area (Å²) in [6.45, 7) is 0. The lowest BCUT2D eigenvalue weighted by Crippen LogP contribution is -2.12. The summed E-state index contributed by atoms with van der Waals surface area (Å²) in [5.41, 5.74) is 2.79. The second-order valence-corrected chi connectivity index (χ2v) is 5.26. The molecule has 1 aromatic carbocycles. The number of anilines is 2. The van der Waals surface area contributed by atoms with Crippen molar-refractivity contribution in [3.63, 3.8) is 0 Å². The maximum atomic E-state index is 12.2. The Morgan fingerprint density at radius 2 is 2.20 bits per heavy atom. The Morgan fingerprint density at radius 3 is 3.00 bits per heavy atom. The molecule has 2 aromatic rings. The summed E-state index contributed by atoms with van der Waals surface area (Å²) in [5, 5.41) is 5.53. The van der Waals surface area contributed by atoms with Crippen LogP contribution in [0.5, 0.6) is 0 Å². The average Bonchev–Trinajstić information content (AvgIpc) is 2.80. The highest BCUT2D eigenvalue weighted by atomic mass is 79.9. The first-order valence-electron chi connectivity index (χ1n) is 5.97. The SMILES string of the molecule is O=C1Cc2cc(C(=O)Nc3ccncc3Br)ccc2N1. The van der Waals surface area contributed by atoms with Gasteiger partial charge >= 0.3 is 0 Å². The molecule has 20 heavy (non-hydrogen) atoms. The number of rotatable bonds is 2. The van der Waals surface area contributed by atoms with Crippen LogP contribution in [-0.4, -0.2) is 16.8 Å². The molecular formula is C14H10BrN3O2. The number of halogens is 1. The molecule has 0 saturated carbocycles. The number of benzene rings is 1. The van der Waals surface area contributed by atoms with Gasteiger partial charge in [-0.1, -0.05) is 0 Å². The lowest BCUT2D eigenvalue weighted by atomic mass is 10.1. The van der Waals surface area contributed by atoms with Crippen molar-refractivity contribution < 1.29 is 9.59 Å². The van der Waals surface area contributed by atoms with Crippen molar-refractivity contribution in [1.82, 2.24) is 4.98 Å². The van der Waals surface area contributed by atoms with Gasteiger partial charge in [-0.2, -0.15) is 0 Å². The minimum absolute atomic E-state index is 0.0468. The molecule has 0 fully saturated rings. The molecule has 2 amide bonds. The van der Waals surface area contributed by atoms with Crippen LogP contribution in [0.4, 0.5) is 11.4 Å². The fourth-order valence-corrected chi connectivity index (χ4v) is 2.39. The lowest BCUT2D eigenvalue weighted by molar-refractivity contribution is -0.115. The van der Waals surface area contributed by atoms with Gasteiger partial charge in [0.15, 0.2) is 0 Å². The fourth-order valence-electron chi connectivity index (χ4n) is 2.04. The third-order valence-electron chi connectivity index (χ3n) is 3.01. The van der Waals surface area contributed by atoms with Gasteiger partial charge < -0.3 is 10.6 Å². The quantitative estimate of drug-likeness (QED) is 0.888. The van der Waals surface area contributed by atoms with Gasteiger partial charge in [0.25, 0.3) is 5.91 Å². The van der Waals surface area contributed by atoms with Crippen LogP contribution in [0.25, 0.3) is 0 Å². The Morgan fingerprint density at radius 1 is 1.35 bits per heavy atom. The van der Waals surface area contributed by atoms with Gasteiger partial charge in [0.2, 0.25) is 5.91 Å². The Hall–Kier alpha value is -2.21.